The normalized spacial score (nSPS) is 21.6. The van der Waals surface area contributed by atoms with E-state index in [1.807, 2.05) is 0 Å². The van der Waals surface area contributed by atoms with Crippen LogP contribution in [-0.4, -0.2) is 45.3 Å². The van der Waals surface area contributed by atoms with Gasteiger partial charge >= 0.3 is 5.97 Å². The fraction of sp³-hybridized carbons (Fsp3) is 0.667. The van der Waals surface area contributed by atoms with Crippen LogP contribution in [-0.2, 0) is 6.42 Å². The zero-order chi connectivity index (χ0) is 12.3. The number of carboxylic acids is 1. The van der Waals surface area contributed by atoms with Crippen LogP contribution in [0.5, 0.6) is 0 Å². The summed E-state index contributed by atoms with van der Waals surface area (Å²) in [6.45, 7) is 4.39. The second kappa shape index (κ2) is 5.31. The average Bonchev–Trinajstić information content (AvgIpc) is 2.78. The number of carboxylic acid groups (broad SMARTS) is 1. The standard InChI is InChI=1S/C12H19N3O2/c1-2-15-6-4-3-5-10(15)7-9-8-11(12(16)17)14-13-9/h8,10H,2-7H2,1H3,(H,13,14)(H,16,17). The summed E-state index contributed by atoms with van der Waals surface area (Å²) in [6.07, 6.45) is 4.60. The molecule has 17 heavy (non-hydrogen) atoms. The van der Waals surface area contributed by atoms with Crippen molar-refractivity contribution in [2.45, 2.75) is 38.6 Å². The van der Waals surface area contributed by atoms with Crippen LogP contribution >= 0.6 is 0 Å². The smallest absolute Gasteiger partial charge is 0.356 e. The van der Waals surface area contributed by atoms with Crippen LogP contribution in [0.4, 0.5) is 0 Å². The average molecular weight is 237 g/mol. The van der Waals surface area contributed by atoms with Gasteiger partial charge in [0.2, 0.25) is 0 Å². The second-order valence-corrected chi connectivity index (χ2v) is 4.57. The largest absolute Gasteiger partial charge is 0.476 e. The molecule has 1 unspecified atom stereocenters. The molecule has 0 bridgehead atoms. The van der Waals surface area contributed by atoms with Crippen molar-refractivity contribution in [1.29, 1.82) is 0 Å². The number of aromatic carboxylic acids is 1. The molecule has 2 heterocycles. The molecular weight excluding hydrogens is 218 g/mol. The molecule has 0 amide bonds. The fourth-order valence-electron chi connectivity index (χ4n) is 2.54. The lowest BCUT2D eigenvalue weighted by molar-refractivity contribution is 0.0690. The molecule has 5 heteroatoms. The molecule has 1 aromatic rings. The van der Waals surface area contributed by atoms with Crippen LogP contribution in [0.1, 0.15) is 42.4 Å². The molecule has 1 fully saturated rings. The number of piperidine rings is 1. The third-order valence-corrected chi connectivity index (χ3v) is 3.46. The van der Waals surface area contributed by atoms with Crippen molar-refractivity contribution in [3.8, 4) is 0 Å². The van der Waals surface area contributed by atoms with Gasteiger partial charge in [0.15, 0.2) is 5.69 Å². The highest BCUT2D eigenvalue weighted by atomic mass is 16.4. The maximum atomic E-state index is 10.7. The lowest BCUT2D eigenvalue weighted by Gasteiger charge is -2.34. The fourth-order valence-corrected chi connectivity index (χ4v) is 2.54. The lowest BCUT2D eigenvalue weighted by atomic mass is 9.98. The van der Waals surface area contributed by atoms with Crippen molar-refractivity contribution < 1.29 is 9.90 Å². The van der Waals surface area contributed by atoms with Crippen LogP contribution in [0.15, 0.2) is 6.07 Å². The van der Waals surface area contributed by atoms with E-state index in [4.69, 9.17) is 5.11 Å². The Kier molecular flexibility index (Phi) is 3.78. The Morgan fingerprint density at radius 1 is 1.65 bits per heavy atom. The summed E-state index contributed by atoms with van der Waals surface area (Å²) in [6, 6.07) is 2.17. The van der Waals surface area contributed by atoms with E-state index in [0.717, 1.165) is 25.2 Å². The van der Waals surface area contributed by atoms with Crippen molar-refractivity contribution in [3.05, 3.63) is 17.5 Å². The number of aromatic nitrogens is 2. The van der Waals surface area contributed by atoms with Crippen LogP contribution < -0.4 is 0 Å². The number of aromatic amines is 1. The van der Waals surface area contributed by atoms with Crippen LogP contribution in [0.3, 0.4) is 0 Å². The Bertz CT molecular complexity index is 389. The van der Waals surface area contributed by atoms with Crippen molar-refractivity contribution >= 4 is 5.97 Å². The lowest BCUT2D eigenvalue weighted by Crippen LogP contribution is -2.40. The highest BCUT2D eigenvalue weighted by Crippen LogP contribution is 2.19. The summed E-state index contributed by atoms with van der Waals surface area (Å²) in [5.74, 6) is -0.969. The molecule has 2 N–H and O–H groups in total. The van der Waals surface area contributed by atoms with Crippen LogP contribution in [0.2, 0.25) is 0 Å². The van der Waals surface area contributed by atoms with Gasteiger partial charge in [-0.25, -0.2) is 4.79 Å². The highest BCUT2D eigenvalue weighted by molar-refractivity contribution is 5.85. The number of carbonyl (C=O) groups is 1. The van der Waals surface area contributed by atoms with E-state index in [1.54, 1.807) is 6.07 Å². The van der Waals surface area contributed by atoms with E-state index in [2.05, 4.69) is 22.0 Å². The monoisotopic (exact) mass is 237 g/mol. The summed E-state index contributed by atoms with van der Waals surface area (Å²) < 4.78 is 0. The molecule has 0 spiro atoms. The highest BCUT2D eigenvalue weighted by Gasteiger charge is 2.22. The number of rotatable bonds is 4. The number of hydrogen-bond acceptors (Lipinski definition) is 3. The molecule has 1 atom stereocenters. The van der Waals surface area contributed by atoms with Gasteiger partial charge in [0.1, 0.15) is 0 Å². The number of hydrogen-bond donors (Lipinski definition) is 2. The Hall–Kier alpha value is -1.36. The van der Waals surface area contributed by atoms with Gasteiger partial charge in [-0.05, 0) is 32.0 Å². The van der Waals surface area contributed by atoms with Crippen molar-refractivity contribution in [1.82, 2.24) is 15.1 Å². The first-order valence-corrected chi connectivity index (χ1v) is 6.22. The first-order chi connectivity index (χ1) is 8.20. The van der Waals surface area contributed by atoms with E-state index < -0.39 is 5.97 Å². The van der Waals surface area contributed by atoms with Gasteiger partial charge in [-0.1, -0.05) is 13.3 Å². The number of H-pyrrole nitrogens is 1. The van der Waals surface area contributed by atoms with Crippen molar-refractivity contribution in [2.24, 2.45) is 0 Å². The topological polar surface area (TPSA) is 69.2 Å². The Morgan fingerprint density at radius 2 is 2.47 bits per heavy atom. The Morgan fingerprint density at radius 3 is 3.12 bits per heavy atom. The molecule has 0 aromatic carbocycles. The number of likely N-dealkylation sites (N-methyl/N-ethyl adjacent to an activating group) is 1. The third kappa shape index (κ3) is 2.85. The summed E-state index contributed by atoms with van der Waals surface area (Å²) in [7, 11) is 0. The summed E-state index contributed by atoms with van der Waals surface area (Å²) in [5.41, 5.74) is 1.03. The van der Waals surface area contributed by atoms with Gasteiger partial charge in [-0.15, -0.1) is 0 Å². The Labute approximate surface area is 101 Å². The van der Waals surface area contributed by atoms with Crippen LogP contribution in [0, 0.1) is 0 Å². The minimum absolute atomic E-state index is 0.110. The minimum atomic E-state index is -0.969. The third-order valence-electron chi connectivity index (χ3n) is 3.46. The van der Waals surface area contributed by atoms with Gasteiger partial charge in [-0.3, -0.25) is 5.10 Å². The first kappa shape index (κ1) is 12.1. The maximum Gasteiger partial charge on any atom is 0.356 e. The molecule has 0 saturated carbocycles. The zero-order valence-corrected chi connectivity index (χ0v) is 10.1. The van der Waals surface area contributed by atoms with Gasteiger partial charge in [0, 0.05) is 18.2 Å². The quantitative estimate of drug-likeness (QED) is 0.833. The van der Waals surface area contributed by atoms with Gasteiger partial charge in [0.25, 0.3) is 0 Å². The van der Waals surface area contributed by atoms with Gasteiger partial charge in [-0.2, -0.15) is 5.10 Å². The molecule has 1 saturated heterocycles. The van der Waals surface area contributed by atoms with E-state index >= 15 is 0 Å². The van der Waals surface area contributed by atoms with Crippen molar-refractivity contribution in [3.63, 3.8) is 0 Å². The predicted molar refractivity (Wildman–Crippen MR) is 64.1 cm³/mol. The molecule has 0 radical (unpaired) electrons. The molecule has 1 aliphatic rings. The molecule has 1 aromatic heterocycles. The van der Waals surface area contributed by atoms with Gasteiger partial charge in [0.05, 0.1) is 0 Å². The second-order valence-electron chi connectivity index (χ2n) is 4.57. The Balaban J connectivity index is 2.00. The van der Waals surface area contributed by atoms with Crippen molar-refractivity contribution in [2.75, 3.05) is 13.1 Å². The zero-order valence-electron chi connectivity index (χ0n) is 10.1. The summed E-state index contributed by atoms with van der Waals surface area (Å²) >= 11 is 0. The summed E-state index contributed by atoms with van der Waals surface area (Å²) in [4.78, 5) is 13.2. The SMILES string of the molecule is CCN1CCCCC1Cc1cc(C(=O)O)n[nH]1. The summed E-state index contributed by atoms with van der Waals surface area (Å²) in [5, 5.41) is 15.4. The molecule has 5 nitrogen and oxygen atoms in total. The molecule has 94 valence electrons. The first-order valence-electron chi connectivity index (χ1n) is 6.22. The predicted octanol–water partition coefficient (Wildman–Crippen LogP) is 1.52. The molecular formula is C12H19N3O2. The molecule has 0 aliphatic carbocycles. The minimum Gasteiger partial charge on any atom is -0.476 e. The number of nitrogens with one attached hydrogen (secondary N) is 1. The van der Waals surface area contributed by atoms with Crippen LogP contribution in [0.25, 0.3) is 0 Å². The number of likely N-dealkylation sites (tertiary alicyclic amines) is 1. The molecule has 2 rings (SSSR count). The molecule has 1 aliphatic heterocycles. The van der Waals surface area contributed by atoms with E-state index in [-0.39, 0.29) is 5.69 Å². The van der Waals surface area contributed by atoms with E-state index in [1.165, 1.54) is 19.3 Å². The maximum absolute atomic E-state index is 10.7. The van der Waals surface area contributed by atoms with E-state index in [9.17, 15) is 4.79 Å². The van der Waals surface area contributed by atoms with E-state index in [0.29, 0.717) is 6.04 Å². The van der Waals surface area contributed by atoms with Gasteiger partial charge < -0.3 is 10.0 Å². The number of nitrogens with zero attached hydrogens (tertiary/aromatic N) is 2.